The zero-order chi connectivity index (χ0) is 24.3. The Labute approximate surface area is 209 Å². The molecule has 1 aromatic heterocycles. The molecule has 2 amide bonds. The number of carbonyl (C=O) groups is 2. The molecular formula is C23H30Cl2N4O5. The van der Waals surface area contributed by atoms with E-state index in [2.05, 4.69) is 9.88 Å². The van der Waals surface area contributed by atoms with Gasteiger partial charge in [0.05, 0.1) is 18.2 Å². The molecule has 0 bridgehead atoms. The first-order valence-corrected chi connectivity index (χ1v) is 12.5. The molecule has 0 radical (unpaired) electrons. The predicted molar refractivity (Wildman–Crippen MR) is 127 cm³/mol. The number of pyridine rings is 1. The van der Waals surface area contributed by atoms with Crippen molar-refractivity contribution in [3.63, 3.8) is 0 Å². The van der Waals surface area contributed by atoms with E-state index in [1.54, 1.807) is 9.80 Å². The quantitative estimate of drug-likeness (QED) is 0.531. The molecule has 4 heterocycles. The van der Waals surface area contributed by atoms with Crippen LogP contribution in [0.4, 0.5) is 10.6 Å². The van der Waals surface area contributed by atoms with Gasteiger partial charge in [0.1, 0.15) is 28.6 Å². The lowest BCUT2D eigenvalue weighted by Crippen LogP contribution is -2.58. The molecule has 1 aromatic rings. The molecule has 34 heavy (non-hydrogen) atoms. The summed E-state index contributed by atoms with van der Waals surface area (Å²) in [7, 11) is 0. The summed E-state index contributed by atoms with van der Waals surface area (Å²) in [4.78, 5) is 36.5. The Morgan fingerprint density at radius 3 is 2.65 bits per heavy atom. The fourth-order valence-corrected chi connectivity index (χ4v) is 5.40. The summed E-state index contributed by atoms with van der Waals surface area (Å²) in [6.45, 7) is 8.52. The van der Waals surface area contributed by atoms with Gasteiger partial charge in [0.25, 0.3) is 5.91 Å². The molecule has 186 valence electrons. The van der Waals surface area contributed by atoms with Gasteiger partial charge in [-0.05, 0) is 40.0 Å². The Hall–Kier alpha value is -1.97. The first-order valence-electron chi connectivity index (χ1n) is 11.8. The zero-order valence-electron chi connectivity index (χ0n) is 19.7. The van der Waals surface area contributed by atoms with Crippen LogP contribution < -0.4 is 9.64 Å². The minimum Gasteiger partial charge on any atom is -0.489 e. The van der Waals surface area contributed by atoms with Crippen molar-refractivity contribution in [3.05, 3.63) is 15.7 Å². The summed E-state index contributed by atoms with van der Waals surface area (Å²) >= 11 is 12.9. The van der Waals surface area contributed by atoms with Gasteiger partial charge in [0.15, 0.2) is 10.9 Å². The van der Waals surface area contributed by atoms with Crippen molar-refractivity contribution >= 4 is 41.0 Å². The molecule has 1 saturated carbocycles. The van der Waals surface area contributed by atoms with Gasteiger partial charge in [-0.3, -0.25) is 4.79 Å². The summed E-state index contributed by atoms with van der Waals surface area (Å²) < 4.78 is 17.7. The number of aromatic nitrogens is 1. The number of morpholine rings is 1. The average molecular weight is 513 g/mol. The molecule has 5 rings (SSSR count). The standard InChI is InChI=1S/C23H30Cl2N4O5/c1-22(2,3)34-21(31)27-7-8-29-14(11-27)12-32-17-15(20(29)30)19(26-18(25)16(17)24)28-9-10-33-23(13-28)5-4-6-23/h14H,4-13H2,1-3H3/t14-/m1/s1. The van der Waals surface area contributed by atoms with E-state index in [9.17, 15) is 9.59 Å². The van der Waals surface area contributed by atoms with Crippen LogP contribution in [0.3, 0.4) is 0 Å². The van der Waals surface area contributed by atoms with Crippen LogP contribution in [-0.2, 0) is 9.47 Å². The van der Waals surface area contributed by atoms with E-state index in [0.717, 1.165) is 19.3 Å². The Balaban J connectivity index is 1.44. The molecule has 3 fully saturated rings. The van der Waals surface area contributed by atoms with Gasteiger partial charge < -0.3 is 28.9 Å². The van der Waals surface area contributed by atoms with Crippen molar-refractivity contribution in [2.75, 3.05) is 50.8 Å². The maximum absolute atomic E-state index is 13.9. The van der Waals surface area contributed by atoms with Crippen LogP contribution in [0, 0.1) is 0 Å². The SMILES string of the molecule is CC(C)(C)OC(=O)N1CCN2C(=O)c3c(N4CCOC5(CCC5)C4)nc(Cl)c(Cl)c3OC[C@H]2C1. The number of halogens is 2. The lowest BCUT2D eigenvalue weighted by atomic mass is 9.79. The highest BCUT2D eigenvalue weighted by molar-refractivity contribution is 6.42. The molecule has 0 N–H and O–H groups in total. The van der Waals surface area contributed by atoms with Crippen molar-refractivity contribution in [2.45, 2.75) is 57.3 Å². The van der Waals surface area contributed by atoms with Gasteiger partial charge in [-0.25, -0.2) is 9.78 Å². The predicted octanol–water partition coefficient (Wildman–Crippen LogP) is 3.60. The molecule has 9 nitrogen and oxygen atoms in total. The number of nitrogens with zero attached hydrogens (tertiary/aromatic N) is 4. The highest BCUT2D eigenvalue weighted by atomic mass is 35.5. The normalized spacial score (nSPS) is 24.1. The van der Waals surface area contributed by atoms with E-state index >= 15 is 0 Å². The Morgan fingerprint density at radius 2 is 1.97 bits per heavy atom. The van der Waals surface area contributed by atoms with E-state index in [1.807, 2.05) is 20.8 Å². The highest BCUT2D eigenvalue weighted by Gasteiger charge is 2.45. The van der Waals surface area contributed by atoms with Gasteiger partial charge in [0.2, 0.25) is 0 Å². The lowest BCUT2D eigenvalue weighted by Gasteiger charge is -2.49. The number of fused-ring (bicyclic) bond motifs is 2. The molecular weight excluding hydrogens is 483 g/mol. The van der Waals surface area contributed by atoms with E-state index in [1.165, 1.54) is 0 Å². The monoisotopic (exact) mass is 512 g/mol. The number of ether oxygens (including phenoxy) is 3. The number of hydrogen-bond donors (Lipinski definition) is 0. The van der Waals surface area contributed by atoms with Gasteiger partial charge >= 0.3 is 6.09 Å². The van der Waals surface area contributed by atoms with Crippen molar-refractivity contribution in [2.24, 2.45) is 0 Å². The van der Waals surface area contributed by atoms with Crippen molar-refractivity contribution in [3.8, 4) is 5.75 Å². The van der Waals surface area contributed by atoms with Crippen molar-refractivity contribution < 1.29 is 23.8 Å². The van der Waals surface area contributed by atoms with E-state index in [0.29, 0.717) is 50.7 Å². The van der Waals surface area contributed by atoms with Gasteiger partial charge in [0, 0.05) is 32.7 Å². The van der Waals surface area contributed by atoms with E-state index < -0.39 is 11.7 Å². The van der Waals surface area contributed by atoms with Crippen molar-refractivity contribution in [1.29, 1.82) is 0 Å². The topological polar surface area (TPSA) is 84.4 Å². The third-order valence-electron chi connectivity index (χ3n) is 6.88. The lowest BCUT2D eigenvalue weighted by molar-refractivity contribution is -0.106. The van der Waals surface area contributed by atoms with E-state index in [4.69, 9.17) is 37.4 Å². The molecule has 11 heteroatoms. The second kappa shape index (κ2) is 8.60. The highest BCUT2D eigenvalue weighted by Crippen LogP contribution is 2.44. The third kappa shape index (κ3) is 4.27. The zero-order valence-corrected chi connectivity index (χ0v) is 21.2. The number of rotatable bonds is 1. The third-order valence-corrected chi connectivity index (χ3v) is 7.60. The number of anilines is 1. The first-order chi connectivity index (χ1) is 16.1. The Bertz CT molecular complexity index is 1010. The maximum atomic E-state index is 13.9. The van der Waals surface area contributed by atoms with Crippen LogP contribution in [0.1, 0.15) is 50.4 Å². The maximum Gasteiger partial charge on any atom is 0.410 e. The van der Waals surface area contributed by atoms with Gasteiger partial charge in [-0.1, -0.05) is 23.2 Å². The number of piperazine rings is 1. The smallest absolute Gasteiger partial charge is 0.410 e. The largest absolute Gasteiger partial charge is 0.489 e. The average Bonchev–Trinajstić information content (AvgIpc) is 2.91. The molecule has 1 atom stereocenters. The second-order valence-electron chi connectivity index (χ2n) is 10.4. The number of hydrogen-bond acceptors (Lipinski definition) is 7. The van der Waals surface area contributed by atoms with Crippen LogP contribution >= 0.6 is 23.2 Å². The Morgan fingerprint density at radius 1 is 1.21 bits per heavy atom. The summed E-state index contributed by atoms with van der Waals surface area (Å²) in [5.41, 5.74) is -0.449. The summed E-state index contributed by atoms with van der Waals surface area (Å²) in [5, 5.41) is 0.233. The van der Waals surface area contributed by atoms with Crippen LogP contribution in [0.2, 0.25) is 10.2 Å². The van der Waals surface area contributed by atoms with Gasteiger partial charge in [-0.15, -0.1) is 0 Å². The number of carbonyl (C=O) groups excluding carboxylic acids is 2. The molecule has 0 aromatic carbocycles. The molecule has 1 spiro atoms. The van der Waals surface area contributed by atoms with Crippen LogP contribution in [0.25, 0.3) is 0 Å². The summed E-state index contributed by atoms with van der Waals surface area (Å²) in [5.74, 6) is 0.532. The Kier molecular flexibility index (Phi) is 6.01. The van der Waals surface area contributed by atoms with Crippen LogP contribution in [-0.4, -0.2) is 90.0 Å². The minimum absolute atomic E-state index is 0.104. The fraction of sp³-hybridized carbons (Fsp3) is 0.696. The summed E-state index contributed by atoms with van der Waals surface area (Å²) in [6.07, 6.45) is 2.72. The van der Waals surface area contributed by atoms with Crippen LogP contribution in [0.15, 0.2) is 0 Å². The fourth-order valence-electron chi connectivity index (χ4n) is 5.04. The second-order valence-corrected chi connectivity index (χ2v) is 11.2. The van der Waals surface area contributed by atoms with E-state index in [-0.39, 0.29) is 40.1 Å². The molecule has 0 unspecified atom stereocenters. The molecule has 3 aliphatic heterocycles. The molecule has 4 aliphatic rings. The molecule has 2 saturated heterocycles. The first kappa shape index (κ1) is 23.8. The van der Waals surface area contributed by atoms with Gasteiger partial charge in [-0.2, -0.15) is 0 Å². The van der Waals surface area contributed by atoms with Crippen molar-refractivity contribution in [1.82, 2.24) is 14.8 Å². The summed E-state index contributed by atoms with van der Waals surface area (Å²) in [6, 6.07) is -0.341. The molecule has 1 aliphatic carbocycles. The van der Waals surface area contributed by atoms with Crippen LogP contribution in [0.5, 0.6) is 5.75 Å². The number of amides is 2. The minimum atomic E-state index is -0.596.